The Kier molecular flexibility index (Phi) is 77.3. The van der Waals surface area contributed by atoms with E-state index < -0.39 is 97.5 Å². The van der Waals surface area contributed by atoms with Gasteiger partial charge in [-0.3, -0.25) is 37.3 Å². The van der Waals surface area contributed by atoms with Gasteiger partial charge in [-0.25, -0.2) is 9.13 Å². The molecule has 0 radical (unpaired) electrons. The number of hydrogen-bond donors (Lipinski definition) is 3. The van der Waals surface area contributed by atoms with Crippen LogP contribution in [0.15, 0.2) is 0 Å². The van der Waals surface area contributed by atoms with Crippen molar-refractivity contribution in [1.82, 2.24) is 0 Å². The van der Waals surface area contributed by atoms with E-state index in [1.54, 1.807) is 0 Å². The molecule has 0 aromatic rings. The van der Waals surface area contributed by atoms with Crippen LogP contribution in [0, 0.1) is 5.92 Å². The first-order valence-electron chi connectivity index (χ1n) is 44.6. The van der Waals surface area contributed by atoms with Crippen LogP contribution in [0.1, 0.15) is 465 Å². The molecule has 0 saturated heterocycles. The standard InChI is InChI=1S/C86H168O17P2/c1-6-9-12-15-18-21-24-26-28-29-30-31-32-33-34-38-43-47-52-57-62-67-72-86(91)103-82(76-97-84(89)70-65-60-55-50-45-41-39-35-37-40-44-48-53-58-63-68-79(4)5)78-101-105(94,95)99-74-80(87)73-98-104(92,93)100-77-81(75-96-83(88)69-64-59-54-49-23-20-17-14-11-8-3)102-85(90)71-66-61-56-51-46-42-36-27-25-22-19-16-13-10-7-2/h79-82,87H,6-78H2,1-5H3,(H,92,93)(H,94,95)/t80-,81+,82+/m0/s1. The van der Waals surface area contributed by atoms with Gasteiger partial charge in [0.2, 0.25) is 0 Å². The number of ether oxygens (including phenoxy) is 4. The molecule has 3 N–H and O–H groups in total. The average Bonchev–Trinajstić information content (AvgIpc) is 0.915. The second-order valence-corrected chi connectivity index (χ2v) is 34.3. The fraction of sp³-hybridized carbons (Fsp3) is 0.953. The lowest BCUT2D eigenvalue weighted by atomic mass is 10.0. The molecule has 0 aromatic heterocycles. The molecule has 624 valence electrons. The van der Waals surface area contributed by atoms with Crippen molar-refractivity contribution >= 4 is 39.5 Å². The molecule has 0 aliphatic heterocycles. The van der Waals surface area contributed by atoms with E-state index in [2.05, 4.69) is 34.6 Å². The topological polar surface area (TPSA) is 237 Å². The number of aliphatic hydroxyl groups is 1. The van der Waals surface area contributed by atoms with Gasteiger partial charge in [0.1, 0.15) is 19.3 Å². The Morgan fingerprint density at radius 1 is 0.257 bits per heavy atom. The number of aliphatic hydroxyl groups excluding tert-OH is 1. The lowest BCUT2D eigenvalue weighted by Crippen LogP contribution is -2.30. The summed E-state index contributed by atoms with van der Waals surface area (Å²) in [4.78, 5) is 73.2. The van der Waals surface area contributed by atoms with Crippen LogP contribution in [-0.2, 0) is 65.4 Å². The van der Waals surface area contributed by atoms with Gasteiger partial charge in [0.05, 0.1) is 26.4 Å². The Bertz CT molecular complexity index is 2000. The van der Waals surface area contributed by atoms with Crippen molar-refractivity contribution in [2.24, 2.45) is 5.92 Å². The summed E-state index contributed by atoms with van der Waals surface area (Å²) < 4.78 is 68.9. The first-order chi connectivity index (χ1) is 51.0. The molecule has 17 nitrogen and oxygen atoms in total. The van der Waals surface area contributed by atoms with E-state index in [1.807, 2.05) is 0 Å². The maximum absolute atomic E-state index is 13.1. The maximum Gasteiger partial charge on any atom is 0.472 e. The number of unbranched alkanes of at least 4 members (excludes halogenated alkanes) is 58. The zero-order valence-corrected chi connectivity index (χ0v) is 70.7. The summed E-state index contributed by atoms with van der Waals surface area (Å²) in [5.74, 6) is -1.29. The fourth-order valence-corrected chi connectivity index (χ4v) is 15.1. The van der Waals surface area contributed by atoms with Gasteiger partial charge >= 0.3 is 39.5 Å². The molecule has 5 atom stereocenters. The molecule has 0 heterocycles. The highest BCUT2D eigenvalue weighted by Gasteiger charge is 2.30. The average molecular weight is 1540 g/mol. The molecular formula is C86H168O17P2. The van der Waals surface area contributed by atoms with E-state index in [0.717, 1.165) is 95.8 Å². The van der Waals surface area contributed by atoms with Crippen LogP contribution >= 0.6 is 15.6 Å². The third-order valence-electron chi connectivity index (χ3n) is 20.3. The quantitative estimate of drug-likeness (QED) is 0.0222. The van der Waals surface area contributed by atoms with E-state index in [-0.39, 0.29) is 25.7 Å². The monoisotopic (exact) mass is 1540 g/mol. The summed E-state index contributed by atoms with van der Waals surface area (Å²) in [5.41, 5.74) is 0. The molecule has 0 aliphatic carbocycles. The summed E-state index contributed by atoms with van der Waals surface area (Å²) in [5, 5.41) is 10.7. The number of esters is 4. The zero-order valence-electron chi connectivity index (χ0n) is 68.9. The lowest BCUT2D eigenvalue weighted by molar-refractivity contribution is -0.161. The Morgan fingerprint density at radius 2 is 0.438 bits per heavy atom. The molecule has 0 aromatic carbocycles. The summed E-state index contributed by atoms with van der Waals surface area (Å²) in [6, 6.07) is 0. The van der Waals surface area contributed by atoms with E-state index in [9.17, 15) is 43.2 Å². The van der Waals surface area contributed by atoms with Crippen LogP contribution in [-0.4, -0.2) is 96.7 Å². The van der Waals surface area contributed by atoms with Gasteiger partial charge in [0.15, 0.2) is 12.2 Å². The molecule has 0 spiro atoms. The van der Waals surface area contributed by atoms with Crippen molar-refractivity contribution in [2.45, 2.75) is 483 Å². The number of rotatable bonds is 86. The second-order valence-electron chi connectivity index (χ2n) is 31.4. The minimum atomic E-state index is -4.97. The molecule has 0 fully saturated rings. The van der Waals surface area contributed by atoms with Gasteiger partial charge in [0.25, 0.3) is 0 Å². The summed E-state index contributed by atoms with van der Waals surface area (Å²) in [6.07, 6.45) is 72.2. The number of carbonyl (C=O) groups is 4. The van der Waals surface area contributed by atoms with Crippen LogP contribution in [0.25, 0.3) is 0 Å². The highest BCUT2D eigenvalue weighted by atomic mass is 31.2. The summed E-state index contributed by atoms with van der Waals surface area (Å²) in [7, 11) is -9.92. The molecule has 0 bridgehead atoms. The smallest absolute Gasteiger partial charge is 0.462 e. The molecule has 0 rings (SSSR count). The first kappa shape index (κ1) is 103. The van der Waals surface area contributed by atoms with E-state index in [4.69, 9.17) is 37.0 Å². The number of carbonyl (C=O) groups excluding carboxylic acids is 4. The normalized spacial score (nSPS) is 13.8. The summed E-state index contributed by atoms with van der Waals surface area (Å²) in [6.45, 7) is 7.38. The molecule has 0 amide bonds. The van der Waals surface area contributed by atoms with Crippen molar-refractivity contribution < 1.29 is 80.2 Å². The lowest BCUT2D eigenvalue weighted by Gasteiger charge is -2.21. The Labute approximate surface area is 645 Å². The zero-order chi connectivity index (χ0) is 76.9. The number of phosphoric acid groups is 2. The molecule has 0 saturated carbocycles. The first-order valence-corrected chi connectivity index (χ1v) is 47.6. The van der Waals surface area contributed by atoms with E-state index in [1.165, 1.54) is 289 Å². The summed E-state index contributed by atoms with van der Waals surface area (Å²) >= 11 is 0. The SMILES string of the molecule is CCCCCCCCCCCCCCCCCCCCCCCCC(=O)O[C@H](COC(=O)CCCCCCCCCCCCCCCCCC(C)C)COP(=O)(O)OC[C@@H](O)COP(=O)(O)OC[C@@H](COC(=O)CCCCCCCCCCCC)OC(=O)CCCCCCCCCCCCCCCCC. The Hall–Kier alpha value is -1.94. The van der Waals surface area contributed by atoms with Gasteiger partial charge in [-0.1, -0.05) is 413 Å². The van der Waals surface area contributed by atoms with Crippen LogP contribution in [0.4, 0.5) is 0 Å². The predicted molar refractivity (Wildman–Crippen MR) is 432 cm³/mol. The maximum atomic E-state index is 13.1. The minimum absolute atomic E-state index is 0.109. The van der Waals surface area contributed by atoms with Crippen LogP contribution in [0.2, 0.25) is 0 Å². The number of phosphoric ester groups is 2. The van der Waals surface area contributed by atoms with Crippen molar-refractivity contribution in [2.75, 3.05) is 39.6 Å². The Morgan fingerprint density at radius 3 is 0.648 bits per heavy atom. The van der Waals surface area contributed by atoms with Gasteiger partial charge in [-0.2, -0.15) is 0 Å². The molecule has 105 heavy (non-hydrogen) atoms. The second kappa shape index (κ2) is 78.7. The van der Waals surface area contributed by atoms with Crippen LogP contribution in [0.5, 0.6) is 0 Å². The van der Waals surface area contributed by atoms with Crippen molar-refractivity contribution in [3.63, 3.8) is 0 Å². The van der Waals surface area contributed by atoms with E-state index >= 15 is 0 Å². The molecule has 19 heteroatoms. The minimum Gasteiger partial charge on any atom is -0.462 e. The van der Waals surface area contributed by atoms with E-state index in [0.29, 0.717) is 25.7 Å². The largest absolute Gasteiger partial charge is 0.472 e. The molecule has 0 aliphatic rings. The molecule has 2 unspecified atom stereocenters. The third kappa shape index (κ3) is 79.9. The van der Waals surface area contributed by atoms with Gasteiger partial charge in [0, 0.05) is 25.7 Å². The third-order valence-corrected chi connectivity index (χ3v) is 22.2. The van der Waals surface area contributed by atoms with Gasteiger partial charge in [-0.05, 0) is 31.6 Å². The van der Waals surface area contributed by atoms with Crippen LogP contribution in [0.3, 0.4) is 0 Å². The highest BCUT2D eigenvalue weighted by Crippen LogP contribution is 2.45. The molecular weight excluding hydrogens is 1370 g/mol. The van der Waals surface area contributed by atoms with Gasteiger partial charge < -0.3 is 33.8 Å². The van der Waals surface area contributed by atoms with Crippen molar-refractivity contribution in [3.05, 3.63) is 0 Å². The Balaban J connectivity index is 5.21. The number of hydrogen-bond acceptors (Lipinski definition) is 15. The fourth-order valence-electron chi connectivity index (χ4n) is 13.5. The van der Waals surface area contributed by atoms with Crippen LogP contribution < -0.4 is 0 Å². The van der Waals surface area contributed by atoms with Crippen molar-refractivity contribution in [3.8, 4) is 0 Å². The predicted octanol–water partition coefficient (Wildman–Crippen LogP) is 26.4. The van der Waals surface area contributed by atoms with Gasteiger partial charge in [-0.15, -0.1) is 0 Å². The highest BCUT2D eigenvalue weighted by molar-refractivity contribution is 7.47. The van der Waals surface area contributed by atoms with Crippen molar-refractivity contribution in [1.29, 1.82) is 0 Å².